The number of esters is 1. The molecule has 0 bridgehead atoms. The molecule has 2 N–H and O–H groups in total. The highest BCUT2D eigenvalue weighted by Crippen LogP contribution is 2.37. The summed E-state index contributed by atoms with van der Waals surface area (Å²) in [5, 5.41) is 0. The zero-order chi connectivity index (χ0) is 19.7. The van der Waals surface area contributed by atoms with E-state index in [9.17, 15) is 14.0 Å². The molecule has 1 saturated heterocycles. The Kier molecular flexibility index (Phi) is 6.10. The molecule has 1 aromatic rings. The van der Waals surface area contributed by atoms with Gasteiger partial charge in [0, 0.05) is 5.75 Å². The number of carbonyl (C=O) groups excluding carboxylic acids is 1. The summed E-state index contributed by atoms with van der Waals surface area (Å²) in [6.07, 6.45) is 3.09. The number of halogens is 1. The van der Waals surface area contributed by atoms with Crippen LogP contribution in [0.1, 0.15) is 46.3 Å². The van der Waals surface area contributed by atoms with Crippen LogP contribution in [0.4, 0.5) is 10.2 Å². The van der Waals surface area contributed by atoms with Crippen molar-refractivity contribution >= 4 is 23.5 Å². The fourth-order valence-corrected chi connectivity index (χ4v) is 4.76. The molecule has 0 aromatic carbocycles. The zero-order valence-electron chi connectivity index (χ0n) is 15.8. The van der Waals surface area contributed by atoms with E-state index >= 15 is 0 Å². The third kappa shape index (κ3) is 4.45. The monoisotopic (exact) mass is 399 g/mol. The van der Waals surface area contributed by atoms with Crippen LogP contribution in [0.15, 0.2) is 11.0 Å². The van der Waals surface area contributed by atoms with Crippen molar-refractivity contribution in [1.29, 1.82) is 0 Å². The van der Waals surface area contributed by atoms with E-state index in [1.54, 1.807) is 0 Å². The lowest BCUT2D eigenvalue weighted by Crippen LogP contribution is -2.38. The summed E-state index contributed by atoms with van der Waals surface area (Å²) >= 11 is 1.23. The molecular formula is C18H26FN3O4S. The summed E-state index contributed by atoms with van der Waals surface area (Å²) in [7, 11) is 0. The summed E-state index contributed by atoms with van der Waals surface area (Å²) in [4.78, 5) is 28.0. The molecule has 0 amide bonds. The fraction of sp³-hybridized carbons (Fsp3) is 0.722. The first-order valence-corrected chi connectivity index (χ1v) is 10.3. The second-order valence-electron chi connectivity index (χ2n) is 7.72. The van der Waals surface area contributed by atoms with Crippen LogP contribution in [-0.2, 0) is 14.3 Å². The van der Waals surface area contributed by atoms with Crippen molar-refractivity contribution in [1.82, 2.24) is 9.55 Å². The molecule has 1 aliphatic carbocycles. The molecule has 27 heavy (non-hydrogen) atoms. The van der Waals surface area contributed by atoms with Crippen LogP contribution in [0.2, 0.25) is 0 Å². The number of aromatic nitrogens is 2. The minimum atomic E-state index is -0.840. The largest absolute Gasteiger partial charge is 0.459 e. The van der Waals surface area contributed by atoms with Gasteiger partial charge in [0.1, 0.15) is 12.3 Å². The molecular weight excluding hydrogens is 373 g/mol. The predicted molar refractivity (Wildman–Crippen MR) is 100 cm³/mol. The number of ether oxygens (including phenoxy) is 2. The van der Waals surface area contributed by atoms with E-state index in [0.29, 0.717) is 23.5 Å². The van der Waals surface area contributed by atoms with Gasteiger partial charge >= 0.3 is 11.7 Å². The highest BCUT2D eigenvalue weighted by atomic mass is 32.2. The van der Waals surface area contributed by atoms with Crippen molar-refractivity contribution in [2.75, 3.05) is 11.5 Å². The van der Waals surface area contributed by atoms with E-state index in [1.165, 1.54) is 11.8 Å². The number of rotatable bonds is 4. The summed E-state index contributed by atoms with van der Waals surface area (Å²) in [6.45, 7) is 6.46. The molecule has 7 nitrogen and oxygen atoms in total. The second kappa shape index (κ2) is 8.18. The van der Waals surface area contributed by atoms with Crippen molar-refractivity contribution < 1.29 is 18.7 Å². The smallest absolute Gasteiger partial charge is 0.351 e. The van der Waals surface area contributed by atoms with Crippen molar-refractivity contribution in [2.45, 2.75) is 57.8 Å². The van der Waals surface area contributed by atoms with E-state index in [4.69, 9.17) is 15.2 Å². The number of carbonyl (C=O) groups is 1. The van der Waals surface area contributed by atoms with Gasteiger partial charge in [-0.2, -0.15) is 4.98 Å². The van der Waals surface area contributed by atoms with E-state index in [0.717, 1.165) is 30.0 Å². The molecule has 3 rings (SSSR count). The van der Waals surface area contributed by atoms with Gasteiger partial charge in [-0.3, -0.25) is 4.57 Å². The molecule has 0 unspecified atom stereocenters. The van der Waals surface area contributed by atoms with Crippen molar-refractivity contribution in [3.05, 3.63) is 22.5 Å². The second-order valence-corrected chi connectivity index (χ2v) is 8.82. The van der Waals surface area contributed by atoms with Crippen LogP contribution in [0, 0.1) is 23.6 Å². The third-order valence-electron chi connectivity index (χ3n) is 5.34. The molecule has 1 aromatic heterocycles. The van der Waals surface area contributed by atoms with Gasteiger partial charge in [0.2, 0.25) is 5.44 Å². The molecule has 1 aliphatic heterocycles. The minimum Gasteiger partial charge on any atom is -0.459 e. The maximum absolute atomic E-state index is 13.6. The molecule has 0 spiro atoms. The van der Waals surface area contributed by atoms with Gasteiger partial charge in [0.05, 0.1) is 6.20 Å². The average molecular weight is 399 g/mol. The Morgan fingerprint density at radius 3 is 2.93 bits per heavy atom. The molecule has 2 aliphatic rings. The highest BCUT2D eigenvalue weighted by molar-refractivity contribution is 8.00. The van der Waals surface area contributed by atoms with Gasteiger partial charge in [-0.05, 0) is 30.6 Å². The number of hydrogen-bond donors (Lipinski definition) is 1. The SMILES string of the molecule is CC(C)[C@@H]1CC[C@@H](C)C[C@H]1OC(=O)[C@@H]1O[C@@H](n2cc(F)c(N)nc2=O)CS1. The van der Waals surface area contributed by atoms with Crippen LogP contribution in [0.3, 0.4) is 0 Å². The van der Waals surface area contributed by atoms with Crippen LogP contribution < -0.4 is 11.4 Å². The molecule has 9 heteroatoms. The van der Waals surface area contributed by atoms with E-state index < -0.39 is 35.0 Å². The normalized spacial score (nSPS) is 31.2. The van der Waals surface area contributed by atoms with Crippen LogP contribution in [0.25, 0.3) is 0 Å². The van der Waals surface area contributed by atoms with Gasteiger partial charge < -0.3 is 15.2 Å². The highest BCUT2D eigenvalue weighted by Gasteiger charge is 2.39. The van der Waals surface area contributed by atoms with Crippen molar-refractivity contribution in [2.24, 2.45) is 17.8 Å². The lowest BCUT2D eigenvalue weighted by atomic mass is 9.75. The fourth-order valence-electron chi connectivity index (χ4n) is 3.78. The van der Waals surface area contributed by atoms with E-state index in [2.05, 4.69) is 25.8 Å². The molecule has 150 valence electrons. The van der Waals surface area contributed by atoms with E-state index in [-0.39, 0.29) is 6.10 Å². The van der Waals surface area contributed by atoms with Crippen molar-refractivity contribution in [3.63, 3.8) is 0 Å². The first-order valence-electron chi connectivity index (χ1n) is 9.28. The first kappa shape index (κ1) is 20.1. The molecule has 2 heterocycles. The topological polar surface area (TPSA) is 96.4 Å². The number of nitrogens with zero attached hydrogens (tertiary/aromatic N) is 2. The van der Waals surface area contributed by atoms with E-state index in [1.807, 2.05) is 0 Å². The average Bonchev–Trinajstić information content (AvgIpc) is 3.08. The Hall–Kier alpha value is -1.61. The van der Waals surface area contributed by atoms with Gasteiger partial charge in [-0.25, -0.2) is 14.0 Å². The summed E-state index contributed by atoms with van der Waals surface area (Å²) in [5.41, 5.74) is 3.74. The Morgan fingerprint density at radius 2 is 2.22 bits per heavy atom. The first-order chi connectivity index (χ1) is 12.8. The molecule has 2 fully saturated rings. The lowest BCUT2D eigenvalue weighted by molar-refractivity contribution is -0.166. The molecule has 1 saturated carbocycles. The molecule has 0 radical (unpaired) electrons. The third-order valence-corrected chi connectivity index (χ3v) is 6.42. The Balaban J connectivity index is 1.65. The van der Waals surface area contributed by atoms with Crippen LogP contribution in [-0.4, -0.2) is 32.8 Å². The maximum atomic E-state index is 13.6. The number of anilines is 1. The van der Waals surface area contributed by atoms with Gasteiger partial charge in [-0.15, -0.1) is 11.8 Å². The number of hydrogen-bond acceptors (Lipinski definition) is 7. The van der Waals surface area contributed by atoms with Crippen LogP contribution in [0.5, 0.6) is 0 Å². The Morgan fingerprint density at radius 1 is 1.48 bits per heavy atom. The summed E-state index contributed by atoms with van der Waals surface area (Å²) < 4.78 is 26.1. The number of thioether (sulfide) groups is 1. The quantitative estimate of drug-likeness (QED) is 0.777. The van der Waals surface area contributed by atoms with Crippen LogP contribution >= 0.6 is 11.8 Å². The minimum absolute atomic E-state index is 0.122. The lowest BCUT2D eigenvalue weighted by Gasteiger charge is -2.37. The number of nitrogen functional groups attached to an aromatic ring is 1. The standard InChI is InChI=1S/C18H26FN3O4S/c1-9(2)11-5-4-10(3)6-13(11)25-16(23)17-26-14(8-27-17)22-7-12(19)15(20)21-18(22)24/h7,9-11,13-14,17H,4-6,8H2,1-3H3,(H2,20,21,24)/t10-,11+,13-,14-,17-/m1/s1. The Labute approximate surface area is 161 Å². The van der Waals surface area contributed by atoms with Gasteiger partial charge in [-0.1, -0.05) is 27.2 Å². The zero-order valence-corrected chi connectivity index (χ0v) is 16.6. The number of nitrogens with two attached hydrogens (primary N) is 1. The summed E-state index contributed by atoms with van der Waals surface area (Å²) in [6, 6.07) is 0. The van der Waals surface area contributed by atoms with Crippen molar-refractivity contribution in [3.8, 4) is 0 Å². The van der Waals surface area contributed by atoms with Gasteiger partial charge in [0.25, 0.3) is 0 Å². The predicted octanol–water partition coefficient (Wildman–Crippen LogP) is 2.56. The summed E-state index contributed by atoms with van der Waals surface area (Å²) in [5.74, 6) is -0.0872. The molecule has 5 atom stereocenters. The maximum Gasteiger partial charge on any atom is 0.351 e. The van der Waals surface area contributed by atoms with Gasteiger partial charge in [0.15, 0.2) is 11.6 Å². The Bertz CT molecular complexity index is 757.